The Hall–Kier alpha value is -3.48. The maximum Gasteiger partial charge on any atom is 0.262 e. The van der Waals surface area contributed by atoms with Crippen LogP contribution in [0.4, 0.5) is 0 Å². The molecule has 3 amide bonds. The molecule has 7 nitrogen and oxygen atoms in total. The lowest BCUT2D eigenvalue weighted by Crippen LogP contribution is -2.40. The molecule has 130 valence electrons. The Bertz CT molecular complexity index is 1020. The van der Waals surface area contributed by atoms with Gasteiger partial charge in [0.2, 0.25) is 5.91 Å². The molecule has 4 rings (SSSR count). The summed E-state index contributed by atoms with van der Waals surface area (Å²) in [6.45, 7) is 1.89. The van der Waals surface area contributed by atoms with E-state index in [1.54, 1.807) is 24.3 Å². The number of benzene rings is 1. The highest BCUT2D eigenvalue weighted by Crippen LogP contribution is 2.21. The maximum absolute atomic E-state index is 12.3. The number of aryl methyl sites for hydroxylation is 1. The number of hydrogen-bond acceptors (Lipinski definition) is 4. The molecule has 0 radical (unpaired) electrons. The third-order valence-electron chi connectivity index (χ3n) is 4.39. The lowest BCUT2D eigenvalue weighted by atomic mass is 10.1. The summed E-state index contributed by atoms with van der Waals surface area (Å²) in [4.78, 5) is 42.2. The Morgan fingerprint density at radius 3 is 2.38 bits per heavy atom. The summed E-state index contributed by atoms with van der Waals surface area (Å²) in [5.74, 6) is -1.29. The van der Waals surface area contributed by atoms with E-state index in [1.807, 2.05) is 35.7 Å². The van der Waals surface area contributed by atoms with Gasteiger partial charge >= 0.3 is 0 Å². The van der Waals surface area contributed by atoms with Crippen LogP contribution < -0.4 is 5.32 Å². The van der Waals surface area contributed by atoms with Crippen LogP contribution in [0.2, 0.25) is 0 Å². The number of pyridine rings is 1. The summed E-state index contributed by atoms with van der Waals surface area (Å²) < 4.78 is 1.94. The molecule has 0 unspecified atom stereocenters. The van der Waals surface area contributed by atoms with E-state index in [1.165, 1.54) is 0 Å². The molecule has 0 aliphatic carbocycles. The number of aromatic nitrogens is 2. The minimum atomic E-state index is -0.441. The topological polar surface area (TPSA) is 83.8 Å². The van der Waals surface area contributed by atoms with Gasteiger partial charge in [0.15, 0.2) is 0 Å². The molecular formula is C19H16N4O3. The fourth-order valence-corrected chi connectivity index (χ4v) is 3.06. The number of imidazole rings is 1. The van der Waals surface area contributed by atoms with Crippen molar-refractivity contribution in [3.05, 3.63) is 71.2 Å². The van der Waals surface area contributed by atoms with Crippen molar-refractivity contribution in [3.8, 4) is 0 Å². The van der Waals surface area contributed by atoms with Crippen molar-refractivity contribution >= 4 is 23.4 Å². The Morgan fingerprint density at radius 1 is 1.04 bits per heavy atom. The van der Waals surface area contributed by atoms with E-state index in [-0.39, 0.29) is 13.1 Å². The minimum Gasteiger partial charge on any atom is -0.349 e. The van der Waals surface area contributed by atoms with Gasteiger partial charge in [0.05, 0.1) is 23.4 Å². The summed E-state index contributed by atoms with van der Waals surface area (Å²) in [7, 11) is 0. The molecular weight excluding hydrogens is 332 g/mol. The van der Waals surface area contributed by atoms with Gasteiger partial charge in [-0.3, -0.25) is 19.3 Å². The Labute approximate surface area is 149 Å². The Morgan fingerprint density at radius 2 is 1.73 bits per heavy atom. The van der Waals surface area contributed by atoms with E-state index in [0.717, 1.165) is 16.2 Å². The molecule has 1 aliphatic rings. The van der Waals surface area contributed by atoms with Crippen molar-refractivity contribution in [2.24, 2.45) is 0 Å². The number of nitrogens with one attached hydrogen (secondary N) is 1. The van der Waals surface area contributed by atoms with Crippen LogP contribution in [0.5, 0.6) is 0 Å². The van der Waals surface area contributed by atoms with Crippen molar-refractivity contribution < 1.29 is 14.4 Å². The molecule has 0 saturated carbocycles. The predicted octanol–water partition coefficient (Wildman–Crippen LogP) is 1.56. The number of amides is 3. The monoisotopic (exact) mass is 348 g/mol. The SMILES string of the molecule is Cc1cccc2nc(CNC(=O)CN3C(=O)c4ccccc4C3=O)cn12. The van der Waals surface area contributed by atoms with E-state index < -0.39 is 17.7 Å². The van der Waals surface area contributed by atoms with Gasteiger partial charge in [0.1, 0.15) is 12.2 Å². The zero-order valence-electron chi connectivity index (χ0n) is 14.1. The fraction of sp³-hybridized carbons (Fsp3) is 0.158. The predicted molar refractivity (Wildman–Crippen MR) is 93.6 cm³/mol. The van der Waals surface area contributed by atoms with Crippen molar-refractivity contribution in [2.45, 2.75) is 13.5 Å². The molecule has 3 aromatic rings. The van der Waals surface area contributed by atoms with E-state index >= 15 is 0 Å². The zero-order chi connectivity index (χ0) is 18.3. The molecule has 1 aliphatic heterocycles. The lowest BCUT2D eigenvalue weighted by molar-refractivity contribution is -0.121. The van der Waals surface area contributed by atoms with Crippen LogP contribution in [-0.2, 0) is 11.3 Å². The second-order valence-electron chi connectivity index (χ2n) is 6.15. The molecule has 26 heavy (non-hydrogen) atoms. The third kappa shape index (κ3) is 2.63. The number of nitrogens with zero attached hydrogens (tertiary/aromatic N) is 3. The maximum atomic E-state index is 12.3. The first-order valence-corrected chi connectivity index (χ1v) is 8.20. The Balaban J connectivity index is 1.42. The quantitative estimate of drug-likeness (QED) is 0.725. The van der Waals surface area contributed by atoms with E-state index in [9.17, 15) is 14.4 Å². The summed E-state index contributed by atoms with van der Waals surface area (Å²) in [6.07, 6.45) is 1.85. The van der Waals surface area contributed by atoms with Gasteiger partial charge in [0, 0.05) is 11.9 Å². The van der Waals surface area contributed by atoms with Crippen molar-refractivity contribution in [2.75, 3.05) is 6.54 Å². The molecule has 1 N–H and O–H groups in total. The van der Waals surface area contributed by atoms with Crippen LogP contribution in [0.1, 0.15) is 32.1 Å². The standard InChI is InChI=1S/C19H16N4O3/c1-12-5-4-8-16-21-13(10-22(12)16)9-20-17(24)11-23-18(25)14-6-2-3-7-15(14)19(23)26/h2-8,10H,9,11H2,1H3,(H,20,24). The summed E-state index contributed by atoms with van der Waals surface area (Å²) >= 11 is 0. The highest BCUT2D eigenvalue weighted by Gasteiger charge is 2.36. The largest absolute Gasteiger partial charge is 0.349 e. The average Bonchev–Trinajstić information content (AvgIpc) is 3.16. The second kappa shape index (κ2) is 6.11. The van der Waals surface area contributed by atoms with Crippen LogP contribution in [0.15, 0.2) is 48.7 Å². The van der Waals surface area contributed by atoms with Crippen LogP contribution in [-0.4, -0.2) is 38.6 Å². The third-order valence-corrected chi connectivity index (χ3v) is 4.39. The van der Waals surface area contributed by atoms with Crippen molar-refractivity contribution in [3.63, 3.8) is 0 Å². The minimum absolute atomic E-state index is 0.225. The van der Waals surface area contributed by atoms with Gasteiger partial charge in [0.25, 0.3) is 11.8 Å². The van der Waals surface area contributed by atoms with E-state index in [2.05, 4.69) is 10.3 Å². The first kappa shape index (κ1) is 16.0. The smallest absolute Gasteiger partial charge is 0.262 e. The molecule has 3 heterocycles. The highest BCUT2D eigenvalue weighted by molar-refractivity contribution is 6.22. The molecule has 1 aromatic carbocycles. The van der Waals surface area contributed by atoms with E-state index in [4.69, 9.17) is 0 Å². The van der Waals surface area contributed by atoms with Gasteiger partial charge in [-0.1, -0.05) is 18.2 Å². The van der Waals surface area contributed by atoms with Crippen LogP contribution >= 0.6 is 0 Å². The van der Waals surface area contributed by atoms with Crippen molar-refractivity contribution in [1.82, 2.24) is 19.6 Å². The van der Waals surface area contributed by atoms with Gasteiger partial charge in [-0.2, -0.15) is 0 Å². The average molecular weight is 348 g/mol. The Kier molecular flexibility index (Phi) is 3.76. The zero-order valence-corrected chi connectivity index (χ0v) is 14.1. The first-order valence-electron chi connectivity index (χ1n) is 8.20. The molecule has 0 atom stereocenters. The molecule has 7 heteroatoms. The number of fused-ring (bicyclic) bond motifs is 2. The number of carbonyl (C=O) groups is 3. The van der Waals surface area contributed by atoms with Crippen molar-refractivity contribution in [1.29, 1.82) is 0 Å². The van der Waals surface area contributed by atoms with Crippen LogP contribution in [0.25, 0.3) is 5.65 Å². The molecule has 2 aromatic heterocycles. The second-order valence-corrected chi connectivity index (χ2v) is 6.15. The number of rotatable bonds is 4. The van der Waals surface area contributed by atoms with Crippen LogP contribution in [0.3, 0.4) is 0 Å². The molecule has 0 saturated heterocycles. The summed E-state index contributed by atoms with van der Waals surface area (Å²) in [5, 5.41) is 2.71. The fourth-order valence-electron chi connectivity index (χ4n) is 3.06. The summed E-state index contributed by atoms with van der Waals surface area (Å²) in [6, 6.07) is 12.3. The first-order chi connectivity index (χ1) is 12.5. The van der Waals surface area contributed by atoms with Gasteiger partial charge in [-0.15, -0.1) is 0 Å². The molecule has 0 fully saturated rings. The molecule has 0 spiro atoms. The number of carbonyl (C=O) groups excluding carboxylic acids is 3. The van der Waals surface area contributed by atoms with Gasteiger partial charge in [-0.05, 0) is 31.2 Å². The highest BCUT2D eigenvalue weighted by atomic mass is 16.2. The van der Waals surface area contributed by atoms with Gasteiger partial charge < -0.3 is 9.72 Å². The normalized spacial score (nSPS) is 13.3. The van der Waals surface area contributed by atoms with E-state index in [0.29, 0.717) is 16.8 Å². The van der Waals surface area contributed by atoms with Crippen LogP contribution in [0, 0.1) is 6.92 Å². The molecule has 0 bridgehead atoms. The number of hydrogen-bond donors (Lipinski definition) is 1. The number of imide groups is 1. The summed E-state index contributed by atoms with van der Waals surface area (Å²) in [5.41, 5.74) is 3.21. The van der Waals surface area contributed by atoms with Gasteiger partial charge in [-0.25, -0.2) is 4.98 Å². The lowest BCUT2D eigenvalue weighted by Gasteiger charge is -2.13.